The van der Waals surface area contributed by atoms with Crippen molar-refractivity contribution in [3.8, 4) is 10.7 Å². The van der Waals surface area contributed by atoms with E-state index in [1.54, 1.807) is 13.0 Å². The molecular weight excluding hydrogens is 460 g/mol. The maximum Gasteiger partial charge on any atom is 0.244 e. The highest BCUT2D eigenvalue weighted by Crippen LogP contribution is 2.35. The standard InChI is InChI=1S/C23H28N4O4S2/c1-4-21-25-22(26-31-21)19-12-20(16(3)32-19)33(29,30)27-11-5-6-18(14-27)23(28)24-13-17-9-7-15(2)8-10-17/h7-10,12,18H,4-6,11,13-14H2,1-3H3,(H,24,28)/t18-/m1/s1. The fourth-order valence-corrected chi connectivity index (χ4v) is 6.89. The van der Waals surface area contributed by atoms with Gasteiger partial charge in [0.05, 0.1) is 15.7 Å². The average Bonchev–Trinajstić information content (AvgIpc) is 3.45. The molecule has 0 spiro atoms. The average molecular weight is 489 g/mol. The molecule has 176 valence electrons. The van der Waals surface area contributed by atoms with Crippen molar-refractivity contribution in [1.82, 2.24) is 19.8 Å². The molecule has 4 rings (SSSR count). The Kier molecular flexibility index (Phi) is 6.96. The molecule has 1 fully saturated rings. The molecule has 3 heterocycles. The fraction of sp³-hybridized carbons (Fsp3) is 0.435. The fourth-order valence-electron chi connectivity index (χ4n) is 3.88. The van der Waals surface area contributed by atoms with Gasteiger partial charge in [-0.1, -0.05) is 41.9 Å². The Morgan fingerprint density at radius 3 is 2.73 bits per heavy atom. The first kappa shape index (κ1) is 23.6. The van der Waals surface area contributed by atoms with Crippen molar-refractivity contribution in [3.05, 3.63) is 52.2 Å². The van der Waals surface area contributed by atoms with E-state index in [1.165, 1.54) is 15.6 Å². The summed E-state index contributed by atoms with van der Waals surface area (Å²) in [6.07, 6.45) is 1.93. The van der Waals surface area contributed by atoms with E-state index >= 15 is 0 Å². The minimum atomic E-state index is -3.74. The van der Waals surface area contributed by atoms with Crippen LogP contribution >= 0.6 is 11.3 Å². The first-order chi connectivity index (χ1) is 15.8. The number of thiophene rings is 1. The van der Waals surface area contributed by atoms with Gasteiger partial charge in [-0.05, 0) is 38.3 Å². The summed E-state index contributed by atoms with van der Waals surface area (Å²) in [7, 11) is -3.74. The highest BCUT2D eigenvalue weighted by Gasteiger charge is 2.35. The van der Waals surface area contributed by atoms with Crippen molar-refractivity contribution in [2.24, 2.45) is 5.92 Å². The lowest BCUT2D eigenvalue weighted by Crippen LogP contribution is -2.45. The smallest absolute Gasteiger partial charge is 0.244 e. The lowest BCUT2D eigenvalue weighted by atomic mass is 9.98. The van der Waals surface area contributed by atoms with Gasteiger partial charge in [0.2, 0.25) is 27.6 Å². The number of sulfonamides is 1. The second kappa shape index (κ2) is 9.74. The van der Waals surface area contributed by atoms with E-state index < -0.39 is 10.0 Å². The Labute approximate surface area is 198 Å². The monoisotopic (exact) mass is 488 g/mol. The summed E-state index contributed by atoms with van der Waals surface area (Å²) in [5, 5.41) is 6.91. The number of benzene rings is 1. The van der Waals surface area contributed by atoms with E-state index in [9.17, 15) is 13.2 Å². The van der Waals surface area contributed by atoms with Crippen LogP contribution in [0.4, 0.5) is 0 Å². The number of nitrogens with one attached hydrogen (secondary N) is 1. The number of aryl methyl sites for hydroxylation is 3. The molecule has 1 saturated heterocycles. The lowest BCUT2D eigenvalue weighted by Gasteiger charge is -2.31. The van der Waals surface area contributed by atoms with Gasteiger partial charge in [-0.25, -0.2) is 8.42 Å². The van der Waals surface area contributed by atoms with Gasteiger partial charge in [0.15, 0.2) is 0 Å². The van der Waals surface area contributed by atoms with Crippen LogP contribution in [0.1, 0.15) is 41.7 Å². The molecule has 0 unspecified atom stereocenters. The molecular formula is C23H28N4O4S2. The highest BCUT2D eigenvalue weighted by atomic mass is 32.2. The van der Waals surface area contributed by atoms with Gasteiger partial charge in [-0.3, -0.25) is 4.79 Å². The van der Waals surface area contributed by atoms with E-state index in [2.05, 4.69) is 15.5 Å². The second-order valence-electron chi connectivity index (χ2n) is 8.30. The maximum absolute atomic E-state index is 13.4. The van der Waals surface area contributed by atoms with Crippen molar-refractivity contribution in [2.75, 3.05) is 13.1 Å². The molecule has 1 N–H and O–H groups in total. The van der Waals surface area contributed by atoms with Crippen LogP contribution in [0.25, 0.3) is 10.7 Å². The maximum atomic E-state index is 13.4. The van der Waals surface area contributed by atoms with Gasteiger partial charge >= 0.3 is 0 Å². The van der Waals surface area contributed by atoms with Gasteiger partial charge in [-0.15, -0.1) is 11.3 Å². The van der Waals surface area contributed by atoms with Crippen LogP contribution in [0.2, 0.25) is 0 Å². The van der Waals surface area contributed by atoms with E-state index in [1.807, 2.05) is 38.1 Å². The summed E-state index contributed by atoms with van der Waals surface area (Å²) in [5.74, 6) is 0.420. The summed E-state index contributed by atoms with van der Waals surface area (Å²) in [5.41, 5.74) is 2.18. The van der Waals surface area contributed by atoms with Crippen LogP contribution in [-0.2, 0) is 27.8 Å². The van der Waals surface area contributed by atoms with Crippen molar-refractivity contribution >= 4 is 27.3 Å². The van der Waals surface area contributed by atoms with E-state index in [4.69, 9.17) is 4.52 Å². The Bertz CT molecular complexity index is 1230. The number of aromatic nitrogens is 2. The molecule has 0 radical (unpaired) electrons. The third kappa shape index (κ3) is 5.18. The van der Waals surface area contributed by atoms with Crippen molar-refractivity contribution in [2.45, 2.75) is 51.5 Å². The number of nitrogens with zero attached hydrogens (tertiary/aromatic N) is 3. The summed E-state index contributed by atoms with van der Waals surface area (Å²) >= 11 is 1.33. The molecule has 33 heavy (non-hydrogen) atoms. The van der Waals surface area contributed by atoms with Crippen LogP contribution in [0.5, 0.6) is 0 Å². The summed E-state index contributed by atoms with van der Waals surface area (Å²) in [6.45, 7) is 6.71. The zero-order valence-electron chi connectivity index (χ0n) is 19.0. The number of piperidine rings is 1. The van der Waals surface area contributed by atoms with E-state index in [0.29, 0.717) is 53.8 Å². The van der Waals surface area contributed by atoms with Crippen LogP contribution in [0.15, 0.2) is 39.8 Å². The topological polar surface area (TPSA) is 105 Å². The Balaban J connectivity index is 1.45. The molecule has 2 aromatic heterocycles. The summed E-state index contributed by atoms with van der Waals surface area (Å²) < 4.78 is 33.5. The zero-order valence-corrected chi connectivity index (χ0v) is 20.6. The molecule has 8 nitrogen and oxygen atoms in total. The number of amides is 1. The Hall–Kier alpha value is -2.56. The third-order valence-corrected chi connectivity index (χ3v) is 8.99. The molecule has 3 aromatic rings. The van der Waals surface area contributed by atoms with E-state index in [0.717, 1.165) is 11.1 Å². The van der Waals surface area contributed by atoms with Gasteiger partial charge in [-0.2, -0.15) is 9.29 Å². The van der Waals surface area contributed by atoms with Crippen molar-refractivity contribution in [1.29, 1.82) is 0 Å². The van der Waals surface area contributed by atoms with E-state index in [-0.39, 0.29) is 23.3 Å². The van der Waals surface area contributed by atoms with Crippen molar-refractivity contribution < 1.29 is 17.7 Å². The highest BCUT2D eigenvalue weighted by molar-refractivity contribution is 7.89. The second-order valence-corrected chi connectivity index (χ2v) is 11.5. The number of hydrogen-bond donors (Lipinski definition) is 1. The predicted molar refractivity (Wildman–Crippen MR) is 126 cm³/mol. The minimum absolute atomic E-state index is 0.114. The molecule has 0 aliphatic carbocycles. The van der Waals surface area contributed by atoms with Crippen molar-refractivity contribution in [3.63, 3.8) is 0 Å². The number of hydrogen-bond acceptors (Lipinski definition) is 7. The SMILES string of the molecule is CCc1nc(-c2cc(S(=O)(=O)N3CCC[C@@H](C(=O)NCc4ccc(C)cc4)C3)c(C)s2)no1. The van der Waals surface area contributed by atoms with Gasteiger partial charge in [0.25, 0.3) is 0 Å². The summed E-state index contributed by atoms with van der Waals surface area (Å²) in [4.78, 5) is 18.6. The zero-order chi connectivity index (χ0) is 23.6. The number of rotatable bonds is 7. The molecule has 1 atom stereocenters. The molecule has 0 bridgehead atoms. The lowest BCUT2D eigenvalue weighted by molar-refractivity contribution is -0.126. The van der Waals surface area contributed by atoms with Gasteiger partial charge in [0, 0.05) is 30.9 Å². The molecule has 1 aliphatic rings. The quantitative estimate of drug-likeness (QED) is 0.544. The van der Waals surface area contributed by atoms with Gasteiger partial charge < -0.3 is 9.84 Å². The number of carbonyl (C=O) groups excluding carboxylic acids is 1. The Morgan fingerprint density at radius 1 is 1.27 bits per heavy atom. The van der Waals surface area contributed by atoms with Crippen LogP contribution in [0.3, 0.4) is 0 Å². The molecule has 1 amide bonds. The normalized spacial score (nSPS) is 17.2. The number of carbonyl (C=O) groups is 1. The minimum Gasteiger partial charge on any atom is -0.352 e. The first-order valence-electron chi connectivity index (χ1n) is 11.0. The van der Waals surface area contributed by atoms with Crippen LogP contribution in [0, 0.1) is 19.8 Å². The molecule has 0 saturated carbocycles. The molecule has 1 aliphatic heterocycles. The van der Waals surface area contributed by atoms with Crippen LogP contribution < -0.4 is 5.32 Å². The van der Waals surface area contributed by atoms with Gasteiger partial charge in [0.1, 0.15) is 0 Å². The largest absolute Gasteiger partial charge is 0.352 e. The van der Waals surface area contributed by atoms with Crippen LogP contribution in [-0.4, -0.2) is 41.9 Å². The predicted octanol–water partition coefficient (Wildman–Crippen LogP) is 3.69. The third-order valence-electron chi connectivity index (χ3n) is 5.82. The first-order valence-corrected chi connectivity index (χ1v) is 13.3. The Morgan fingerprint density at radius 2 is 2.03 bits per heavy atom. The molecule has 10 heteroatoms. The molecule has 1 aromatic carbocycles. The summed E-state index contributed by atoms with van der Waals surface area (Å²) in [6, 6.07) is 9.59.